The van der Waals surface area contributed by atoms with Gasteiger partial charge in [0.25, 0.3) is 5.69 Å². The van der Waals surface area contributed by atoms with Gasteiger partial charge in [0.05, 0.1) is 10.6 Å². The van der Waals surface area contributed by atoms with E-state index in [0.717, 1.165) is 11.6 Å². The standard InChI is InChI=1S/C15H10F3N3O2/c1-9-2-5-14-19-12(8-20(14)7-9)10-3-4-11(15(16,17)18)13(6-10)21(22)23/h2-8H,1H3. The Balaban J connectivity index is 2.15. The van der Waals surface area contributed by atoms with E-state index < -0.39 is 22.4 Å². The van der Waals surface area contributed by atoms with Crippen molar-refractivity contribution >= 4 is 11.3 Å². The minimum absolute atomic E-state index is 0.256. The van der Waals surface area contributed by atoms with Gasteiger partial charge in [0, 0.05) is 24.0 Å². The van der Waals surface area contributed by atoms with Crippen LogP contribution in [0.25, 0.3) is 16.9 Å². The molecular formula is C15H10F3N3O2. The van der Waals surface area contributed by atoms with Gasteiger partial charge in [-0.1, -0.05) is 12.1 Å². The van der Waals surface area contributed by atoms with Crippen LogP contribution < -0.4 is 0 Å². The summed E-state index contributed by atoms with van der Waals surface area (Å²) in [5, 5.41) is 10.9. The van der Waals surface area contributed by atoms with Crippen molar-refractivity contribution in [1.82, 2.24) is 9.38 Å². The molecule has 118 valence electrons. The minimum Gasteiger partial charge on any atom is -0.306 e. The molecule has 0 radical (unpaired) electrons. The molecule has 0 aliphatic carbocycles. The van der Waals surface area contributed by atoms with E-state index >= 15 is 0 Å². The Labute approximate surface area is 128 Å². The van der Waals surface area contributed by atoms with Gasteiger partial charge >= 0.3 is 6.18 Å². The minimum atomic E-state index is -4.78. The van der Waals surface area contributed by atoms with E-state index in [1.807, 2.05) is 19.2 Å². The molecular weight excluding hydrogens is 311 g/mol. The summed E-state index contributed by atoms with van der Waals surface area (Å²) in [6.07, 6.45) is -1.35. The summed E-state index contributed by atoms with van der Waals surface area (Å²) in [6.45, 7) is 1.89. The number of nitro benzene ring substituents is 1. The normalized spacial score (nSPS) is 11.8. The Morgan fingerprint density at radius 3 is 2.57 bits per heavy atom. The molecule has 0 saturated heterocycles. The van der Waals surface area contributed by atoms with Crippen molar-refractivity contribution in [2.24, 2.45) is 0 Å². The maximum Gasteiger partial charge on any atom is 0.422 e. The number of nitro groups is 1. The van der Waals surface area contributed by atoms with Crippen LogP contribution in [0.15, 0.2) is 42.7 Å². The predicted octanol–water partition coefficient (Wildman–Crippen LogP) is 4.24. The second-order valence-corrected chi connectivity index (χ2v) is 5.08. The topological polar surface area (TPSA) is 60.4 Å². The first-order valence-corrected chi connectivity index (χ1v) is 6.57. The van der Waals surface area contributed by atoms with E-state index in [1.165, 1.54) is 6.07 Å². The Kier molecular flexibility index (Phi) is 3.32. The summed E-state index contributed by atoms with van der Waals surface area (Å²) in [5.74, 6) is 0. The SMILES string of the molecule is Cc1ccc2nc(-c3ccc(C(F)(F)F)c([N+](=O)[O-])c3)cn2c1. The highest BCUT2D eigenvalue weighted by Gasteiger charge is 2.38. The Hall–Kier alpha value is -2.90. The zero-order chi connectivity index (χ0) is 16.8. The molecule has 0 atom stereocenters. The third kappa shape index (κ3) is 2.75. The molecule has 0 fully saturated rings. The van der Waals surface area contributed by atoms with Gasteiger partial charge in [-0.25, -0.2) is 4.98 Å². The Morgan fingerprint density at radius 2 is 1.91 bits per heavy atom. The number of aryl methyl sites for hydroxylation is 1. The van der Waals surface area contributed by atoms with Gasteiger partial charge in [0.15, 0.2) is 0 Å². The highest BCUT2D eigenvalue weighted by atomic mass is 19.4. The molecule has 1 aromatic carbocycles. The molecule has 0 N–H and O–H groups in total. The molecule has 23 heavy (non-hydrogen) atoms. The average molecular weight is 321 g/mol. The van der Waals surface area contributed by atoms with Crippen LogP contribution in [0, 0.1) is 17.0 Å². The zero-order valence-corrected chi connectivity index (χ0v) is 11.8. The lowest BCUT2D eigenvalue weighted by molar-refractivity contribution is -0.388. The summed E-state index contributed by atoms with van der Waals surface area (Å²) in [4.78, 5) is 14.2. The van der Waals surface area contributed by atoms with Crippen molar-refractivity contribution in [2.75, 3.05) is 0 Å². The third-order valence-electron chi connectivity index (χ3n) is 3.39. The van der Waals surface area contributed by atoms with Gasteiger partial charge in [-0.2, -0.15) is 13.2 Å². The number of nitrogens with zero attached hydrogens (tertiary/aromatic N) is 3. The van der Waals surface area contributed by atoms with Crippen LogP contribution in [0.5, 0.6) is 0 Å². The van der Waals surface area contributed by atoms with Crippen LogP contribution in [-0.4, -0.2) is 14.3 Å². The fourth-order valence-electron chi connectivity index (χ4n) is 2.32. The zero-order valence-electron chi connectivity index (χ0n) is 11.8. The second kappa shape index (κ2) is 5.08. The van der Waals surface area contributed by atoms with Gasteiger partial charge in [-0.15, -0.1) is 0 Å². The van der Waals surface area contributed by atoms with Crippen molar-refractivity contribution in [3.8, 4) is 11.3 Å². The molecule has 0 aliphatic rings. The number of rotatable bonds is 2. The van der Waals surface area contributed by atoms with Crippen LogP contribution >= 0.6 is 0 Å². The number of hydrogen-bond acceptors (Lipinski definition) is 3. The van der Waals surface area contributed by atoms with Crippen molar-refractivity contribution in [3.05, 3.63) is 64.0 Å². The summed E-state index contributed by atoms with van der Waals surface area (Å²) >= 11 is 0. The molecule has 3 rings (SSSR count). The third-order valence-corrected chi connectivity index (χ3v) is 3.39. The van der Waals surface area contributed by atoms with Crippen LogP contribution in [0.4, 0.5) is 18.9 Å². The first-order valence-electron chi connectivity index (χ1n) is 6.57. The van der Waals surface area contributed by atoms with Gasteiger partial charge in [0.2, 0.25) is 0 Å². The van der Waals surface area contributed by atoms with Gasteiger partial charge in [0.1, 0.15) is 11.2 Å². The molecule has 0 saturated carbocycles. The van der Waals surface area contributed by atoms with Crippen LogP contribution in [0.1, 0.15) is 11.1 Å². The summed E-state index contributed by atoms with van der Waals surface area (Å²) in [5.41, 5.74) is -0.0411. The summed E-state index contributed by atoms with van der Waals surface area (Å²) < 4.78 is 40.2. The van der Waals surface area contributed by atoms with Gasteiger partial charge in [-0.05, 0) is 24.6 Å². The highest BCUT2D eigenvalue weighted by Crippen LogP contribution is 2.38. The number of hydrogen-bond donors (Lipinski definition) is 0. The monoisotopic (exact) mass is 321 g/mol. The Bertz CT molecular complexity index is 916. The summed E-state index contributed by atoms with van der Waals surface area (Å²) in [6, 6.07) is 6.41. The number of imidazole rings is 1. The van der Waals surface area contributed by atoms with Crippen LogP contribution in [0.3, 0.4) is 0 Å². The molecule has 0 bridgehead atoms. The largest absolute Gasteiger partial charge is 0.422 e. The van der Waals surface area contributed by atoms with E-state index in [0.29, 0.717) is 17.4 Å². The molecule has 5 nitrogen and oxygen atoms in total. The molecule has 0 spiro atoms. The smallest absolute Gasteiger partial charge is 0.306 e. The number of benzene rings is 1. The van der Waals surface area contributed by atoms with E-state index in [1.54, 1.807) is 16.7 Å². The molecule has 0 unspecified atom stereocenters. The predicted molar refractivity (Wildman–Crippen MR) is 77.0 cm³/mol. The molecule has 0 aliphatic heterocycles. The lowest BCUT2D eigenvalue weighted by Crippen LogP contribution is -2.08. The highest BCUT2D eigenvalue weighted by molar-refractivity contribution is 5.67. The van der Waals surface area contributed by atoms with E-state index in [2.05, 4.69) is 4.98 Å². The van der Waals surface area contributed by atoms with Crippen molar-refractivity contribution in [3.63, 3.8) is 0 Å². The van der Waals surface area contributed by atoms with Gasteiger partial charge in [-0.3, -0.25) is 10.1 Å². The number of aromatic nitrogens is 2. The van der Waals surface area contributed by atoms with Crippen molar-refractivity contribution in [1.29, 1.82) is 0 Å². The quantitative estimate of drug-likeness (QED) is 0.524. The van der Waals surface area contributed by atoms with E-state index in [9.17, 15) is 23.3 Å². The Morgan fingerprint density at radius 1 is 1.17 bits per heavy atom. The van der Waals surface area contributed by atoms with Crippen molar-refractivity contribution in [2.45, 2.75) is 13.1 Å². The number of halogens is 3. The molecule has 3 aromatic rings. The number of pyridine rings is 1. The fourth-order valence-corrected chi connectivity index (χ4v) is 2.32. The lowest BCUT2D eigenvalue weighted by Gasteiger charge is -2.08. The average Bonchev–Trinajstić information content (AvgIpc) is 2.88. The lowest BCUT2D eigenvalue weighted by atomic mass is 10.1. The first kappa shape index (κ1) is 15.0. The first-order chi connectivity index (χ1) is 10.8. The number of alkyl halides is 3. The fraction of sp³-hybridized carbons (Fsp3) is 0.133. The van der Waals surface area contributed by atoms with E-state index in [-0.39, 0.29) is 5.56 Å². The molecule has 2 aromatic heterocycles. The van der Waals surface area contributed by atoms with E-state index in [4.69, 9.17) is 0 Å². The van der Waals surface area contributed by atoms with Crippen LogP contribution in [0.2, 0.25) is 0 Å². The molecule has 2 heterocycles. The summed E-state index contributed by atoms with van der Waals surface area (Å²) in [7, 11) is 0. The van der Waals surface area contributed by atoms with Gasteiger partial charge < -0.3 is 4.40 Å². The maximum atomic E-state index is 12.8. The van der Waals surface area contributed by atoms with Crippen molar-refractivity contribution < 1.29 is 18.1 Å². The molecule has 8 heteroatoms. The molecule has 0 amide bonds. The number of fused-ring (bicyclic) bond motifs is 1. The van der Waals surface area contributed by atoms with Crippen LogP contribution in [-0.2, 0) is 6.18 Å². The second-order valence-electron chi connectivity index (χ2n) is 5.08. The maximum absolute atomic E-state index is 12.8.